The first kappa shape index (κ1) is 85.4. The topological polar surface area (TPSA) is 467 Å². The van der Waals surface area contributed by atoms with Crippen LogP contribution in [-0.4, -0.2) is 265 Å². The van der Waals surface area contributed by atoms with Gasteiger partial charge in [-0.05, 0) is 63.7 Å². The molecule has 3 aliphatic heterocycles. The first-order valence-corrected chi connectivity index (χ1v) is 33.4. The Balaban J connectivity index is 0.00000729. The van der Waals surface area contributed by atoms with Gasteiger partial charge in [-0.2, -0.15) is 0 Å². The van der Waals surface area contributed by atoms with Crippen molar-refractivity contribution in [2.24, 2.45) is 23.7 Å². The lowest BCUT2D eigenvalue weighted by Gasteiger charge is -2.40. The van der Waals surface area contributed by atoms with Crippen LogP contribution >= 0.6 is 0 Å². The Morgan fingerprint density at radius 3 is 1.04 bits per heavy atom. The summed E-state index contributed by atoms with van der Waals surface area (Å²) in [6.07, 6.45) is -11.7. The predicted molar refractivity (Wildman–Crippen MR) is 338 cm³/mol. The van der Waals surface area contributed by atoms with Gasteiger partial charge in [-0.3, -0.25) is 38.4 Å². The first-order valence-electron chi connectivity index (χ1n) is 33.4. The molecule has 0 radical (unpaired) electrons. The summed E-state index contributed by atoms with van der Waals surface area (Å²) in [6, 6.07) is 0. The van der Waals surface area contributed by atoms with Crippen LogP contribution in [0.5, 0.6) is 0 Å². The van der Waals surface area contributed by atoms with Crippen molar-refractivity contribution < 1.29 is 117 Å². The molecule has 0 spiro atoms. The van der Waals surface area contributed by atoms with E-state index in [4.69, 9.17) is 33.2 Å². The van der Waals surface area contributed by atoms with Gasteiger partial charge in [-0.15, -0.1) is 0 Å². The fourth-order valence-corrected chi connectivity index (χ4v) is 10.3. The van der Waals surface area contributed by atoms with Crippen molar-refractivity contribution in [3.05, 3.63) is 0 Å². The molecule has 3 saturated heterocycles. The molecule has 31 heteroatoms. The van der Waals surface area contributed by atoms with Crippen molar-refractivity contribution in [1.82, 2.24) is 37.2 Å². The number of aliphatic hydroxyl groups is 9. The maximum absolute atomic E-state index is 13.8. The Bertz CT molecular complexity index is 1990. The van der Waals surface area contributed by atoms with Gasteiger partial charge in [0.15, 0.2) is 18.9 Å². The molecule has 3 heterocycles. The fourth-order valence-electron chi connectivity index (χ4n) is 10.3. The number of carbonyl (C=O) groups excluding carboxylic acids is 8. The summed E-state index contributed by atoms with van der Waals surface area (Å²) in [7, 11) is 1.55. The molecular weight excluding hydrogens is 1240 g/mol. The van der Waals surface area contributed by atoms with Gasteiger partial charge in [0.05, 0.1) is 77.2 Å². The third kappa shape index (κ3) is 34.0. The van der Waals surface area contributed by atoms with Gasteiger partial charge in [0, 0.05) is 115 Å². The number of hydrogen-bond acceptors (Lipinski definition) is 24. The molecule has 0 aromatic heterocycles. The highest BCUT2D eigenvalue weighted by atomic mass is 16.7. The third-order valence-corrected chi connectivity index (χ3v) is 16.2. The van der Waals surface area contributed by atoms with Gasteiger partial charge in [-0.25, -0.2) is 0 Å². The fraction of sp³-hybridized carbons (Fsp3) is 0.873. The van der Waals surface area contributed by atoms with E-state index in [1.54, 1.807) is 27.9 Å². The number of amides is 7. The SMILES string of the molecule is CC(C)C.COCCCNC(=O)CCCC(=O)NC(CCC(=O)CCCCNC(=O)CCO[C@@H]1OC(CO)[C@H](O)C(O)[C@@H]1C)(CCC(=O)NCCCNC(=O)CCO[C@@H]1OC(CO)[C@H](O)C(O)[C@@H]1C)CCC(=O)NCCCNC(=O)CCO[C@@H]1OC(CO)[C@H](O)C(O)[C@@H]1C. The summed E-state index contributed by atoms with van der Waals surface area (Å²) in [4.78, 5) is 105. The van der Waals surface area contributed by atoms with Crippen LogP contribution in [-0.2, 0) is 71.5 Å². The van der Waals surface area contributed by atoms with Crippen LogP contribution in [0.1, 0.15) is 157 Å². The molecule has 0 aromatic carbocycles. The number of ether oxygens (including phenoxy) is 7. The molecule has 0 aliphatic carbocycles. The second-order valence-electron chi connectivity index (χ2n) is 25.1. The molecule has 7 amide bonds. The molecule has 94 heavy (non-hydrogen) atoms. The Labute approximate surface area is 552 Å². The number of aliphatic hydroxyl groups excluding tert-OH is 9. The highest BCUT2D eigenvalue weighted by Crippen LogP contribution is 2.31. The van der Waals surface area contributed by atoms with E-state index in [1.807, 2.05) is 0 Å². The number of hydrogen-bond donors (Lipinski definition) is 16. The van der Waals surface area contributed by atoms with E-state index in [2.05, 4.69) is 58.0 Å². The molecule has 0 aromatic rings. The lowest BCUT2D eigenvalue weighted by Crippen LogP contribution is -2.55. The molecule has 3 fully saturated rings. The third-order valence-electron chi connectivity index (χ3n) is 16.2. The van der Waals surface area contributed by atoms with Gasteiger partial charge in [0.1, 0.15) is 42.4 Å². The zero-order chi connectivity index (χ0) is 70.2. The monoisotopic (exact) mass is 1350 g/mol. The largest absolute Gasteiger partial charge is 0.394 e. The zero-order valence-corrected chi connectivity index (χ0v) is 56.3. The van der Waals surface area contributed by atoms with Gasteiger partial charge in [-0.1, -0.05) is 41.5 Å². The Morgan fingerprint density at radius 1 is 0.383 bits per heavy atom. The molecule has 0 saturated carbocycles. The van der Waals surface area contributed by atoms with E-state index in [-0.39, 0.29) is 165 Å². The smallest absolute Gasteiger partial charge is 0.222 e. The van der Waals surface area contributed by atoms with Gasteiger partial charge >= 0.3 is 0 Å². The molecule has 546 valence electrons. The van der Waals surface area contributed by atoms with E-state index in [0.29, 0.717) is 45.3 Å². The maximum Gasteiger partial charge on any atom is 0.222 e. The summed E-state index contributed by atoms with van der Waals surface area (Å²) in [5.41, 5.74) is -1.28. The molecule has 15 atom stereocenters. The van der Waals surface area contributed by atoms with E-state index >= 15 is 0 Å². The van der Waals surface area contributed by atoms with Crippen molar-refractivity contribution in [3.63, 3.8) is 0 Å². The number of Topliss-reactive ketones (excluding diaryl/α,β-unsaturated/α-hetero) is 1. The highest BCUT2D eigenvalue weighted by molar-refractivity contribution is 5.82. The average Bonchev–Trinajstić information content (AvgIpc) is 1.12. The van der Waals surface area contributed by atoms with Crippen LogP contribution in [0, 0.1) is 23.7 Å². The minimum absolute atomic E-state index is 0.00161. The van der Waals surface area contributed by atoms with E-state index in [9.17, 15) is 84.3 Å². The molecule has 3 aliphatic rings. The van der Waals surface area contributed by atoms with Crippen LogP contribution < -0.4 is 37.2 Å². The quantitative estimate of drug-likeness (QED) is 0.0285. The van der Waals surface area contributed by atoms with Crippen LogP contribution in [0.4, 0.5) is 0 Å². The number of unbranched alkanes of at least 4 members (excludes halogenated alkanes) is 1. The minimum Gasteiger partial charge on any atom is -0.394 e. The zero-order valence-electron chi connectivity index (χ0n) is 56.3. The average molecular weight is 1350 g/mol. The normalized spacial score (nSPS) is 26.6. The minimum atomic E-state index is -1.30. The summed E-state index contributed by atoms with van der Waals surface area (Å²) in [6.45, 7) is 11.2. The number of carbonyl (C=O) groups is 8. The van der Waals surface area contributed by atoms with Crippen LogP contribution in [0.3, 0.4) is 0 Å². The van der Waals surface area contributed by atoms with Crippen LogP contribution in [0.2, 0.25) is 0 Å². The van der Waals surface area contributed by atoms with E-state index in [0.717, 1.165) is 5.92 Å². The molecule has 16 N–H and O–H groups in total. The van der Waals surface area contributed by atoms with Crippen molar-refractivity contribution in [2.75, 3.05) is 92.6 Å². The number of methoxy groups -OCH3 is 1. The highest BCUT2D eigenvalue weighted by Gasteiger charge is 2.45. The molecule has 31 nitrogen and oxygen atoms in total. The number of nitrogens with one attached hydrogen (secondary N) is 7. The van der Waals surface area contributed by atoms with E-state index < -0.39 is 135 Å². The van der Waals surface area contributed by atoms with Crippen molar-refractivity contribution in [2.45, 2.75) is 236 Å². The Hall–Kier alpha value is -4.68. The molecule has 6 unspecified atom stereocenters. The second-order valence-corrected chi connectivity index (χ2v) is 25.1. The van der Waals surface area contributed by atoms with Gasteiger partial charge in [0.2, 0.25) is 41.4 Å². The van der Waals surface area contributed by atoms with Crippen molar-refractivity contribution in [1.29, 1.82) is 0 Å². The first-order chi connectivity index (χ1) is 44.7. The summed E-state index contributed by atoms with van der Waals surface area (Å²) < 4.78 is 38.5. The Kier molecular flexibility index (Phi) is 43.7. The van der Waals surface area contributed by atoms with Crippen LogP contribution in [0.15, 0.2) is 0 Å². The number of rotatable bonds is 46. The lowest BCUT2D eigenvalue weighted by molar-refractivity contribution is -0.282. The molecule has 3 rings (SSSR count). The maximum atomic E-state index is 13.8. The number of ketones is 1. The van der Waals surface area contributed by atoms with Gasteiger partial charge in [0.25, 0.3) is 0 Å². The second kappa shape index (κ2) is 48.1. The summed E-state index contributed by atoms with van der Waals surface area (Å²) >= 11 is 0. The predicted octanol–water partition coefficient (Wildman–Crippen LogP) is -2.29. The van der Waals surface area contributed by atoms with Crippen LogP contribution in [0.25, 0.3) is 0 Å². The molecule has 0 bridgehead atoms. The van der Waals surface area contributed by atoms with Crippen molar-refractivity contribution >= 4 is 47.1 Å². The Morgan fingerprint density at radius 2 is 0.691 bits per heavy atom. The van der Waals surface area contributed by atoms with Crippen molar-refractivity contribution in [3.8, 4) is 0 Å². The van der Waals surface area contributed by atoms with E-state index in [1.165, 1.54) is 0 Å². The standard InChI is InChI=1S/C59H105N7O24.C4H10/c1-36-50(78)53(81)40(33-67)88-56(36)85-30-17-46(74)60-23-6-5-11-39(70)14-20-59(66-49(77)13-7-12-43(71)65-28-10-29-84-4,21-15-44(72)61-24-8-26-63-47(75)18-31-86-57-37(2)51(79)54(82)41(34-68)89-57)22-16-45(73)62-25-9-27-64-48(76)19-32-87-58-38(3)52(80)55(83)42(35-69)90-58;1-4(2)3/h36-38,40-42,50-58,67-69,78-83H,5-35H2,1-4H3,(H,60,74)(H,61,72)(H,62,73)(H,63,75)(H,64,76)(H,65,71)(H,66,77);4H,1-3H3/t36-,37-,38-,40?,41?,42?,50?,51?,52?,53-,54-,55-,56+,57+,58+,59?;/m0./s1. The molecular formula is C63H115N7O24. The lowest BCUT2D eigenvalue weighted by atomic mass is 9.82. The summed E-state index contributed by atoms with van der Waals surface area (Å²) in [5, 5.41) is 109. The summed E-state index contributed by atoms with van der Waals surface area (Å²) in [5.74, 6) is -3.87. The van der Waals surface area contributed by atoms with Gasteiger partial charge < -0.3 is 116 Å².